The van der Waals surface area contributed by atoms with Gasteiger partial charge in [0.1, 0.15) is 6.04 Å². The van der Waals surface area contributed by atoms with Gasteiger partial charge in [0.15, 0.2) is 0 Å². The van der Waals surface area contributed by atoms with Crippen LogP contribution in [0, 0.1) is 0 Å². The summed E-state index contributed by atoms with van der Waals surface area (Å²) in [5.41, 5.74) is 15.7. The van der Waals surface area contributed by atoms with Crippen LogP contribution in [-0.2, 0) is 4.79 Å². The number of aliphatic carboxylic acids is 1. The molecule has 0 aromatic rings. The fourth-order valence-electron chi connectivity index (χ4n) is 2.48. The summed E-state index contributed by atoms with van der Waals surface area (Å²) in [5.74, 6) is -1.14. The van der Waals surface area contributed by atoms with Crippen molar-refractivity contribution in [2.24, 2.45) is 17.2 Å². The maximum absolute atomic E-state index is 10.8. The maximum Gasteiger partial charge on any atom is 1.00 e. The Morgan fingerprint density at radius 3 is 1.64 bits per heavy atom. The van der Waals surface area contributed by atoms with E-state index in [9.17, 15) is 4.79 Å². The fraction of sp³-hybridized carbons (Fsp3) is 0.938. The van der Waals surface area contributed by atoms with Crippen molar-refractivity contribution in [1.82, 2.24) is 0 Å². The molecule has 0 spiro atoms. The summed E-state index contributed by atoms with van der Waals surface area (Å²) in [6.07, 6.45) is 14.1. The zero-order valence-corrected chi connectivity index (χ0v) is 16.7. The number of unbranched alkanes of at least 4 members (excludes halogenated alkanes) is 10. The van der Waals surface area contributed by atoms with Crippen LogP contribution in [0.3, 0.4) is 0 Å². The third kappa shape index (κ3) is 12.9. The third-order valence-corrected chi connectivity index (χ3v) is 4.06. The molecule has 7 N–H and O–H groups in total. The molecule has 22 heavy (non-hydrogen) atoms. The van der Waals surface area contributed by atoms with Crippen LogP contribution in [0.2, 0.25) is 0 Å². The Bertz CT molecular complexity index is 276. The molecule has 0 saturated heterocycles. The van der Waals surface area contributed by atoms with E-state index in [1.165, 1.54) is 51.4 Å². The summed E-state index contributed by atoms with van der Waals surface area (Å²) >= 11 is 0. The van der Waals surface area contributed by atoms with Gasteiger partial charge < -0.3 is 22.3 Å². The van der Waals surface area contributed by atoms with E-state index in [1.54, 1.807) is 0 Å². The summed E-state index contributed by atoms with van der Waals surface area (Å²) < 4.78 is 0. The SMILES string of the molecule is CCCCCCCCCCCCCC(N)(N)C(N)C(=O)O.[Na+]. The van der Waals surface area contributed by atoms with E-state index in [0.29, 0.717) is 6.42 Å². The zero-order valence-electron chi connectivity index (χ0n) is 14.7. The van der Waals surface area contributed by atoms with Gasteiger partial charge in [-0.3, -0.25) is 4.79 Å². The van der Waals surface area contributed by atoms with Crippen LogP contribution in [0.4, 0.5) is 0 Å². The first-order valence-corrected chi connectivity index (χ1v) is 8.48. The fourth-order valence-corrected chi connectivity index (χ4v) is 2.48. The van der Waals surface area contributed by atoms with Gasteiger partial charge in [-0.15, -0.1) is 0 Å². The molecule has 0 saturated carbocycles. The summed E-state index contributed by atoms with van der Waals surface area (Å²) in [5, 5.41) is 8.81. The maximum atomic E-state index is 10.8. The van der Waals surface area contributed by atoms with Crippen molar-refractivity contribution in [2.75, 3.05) is 0 Å². The molecule has 1 atom stereocenters. The van der Waals surface area contributed by atoms with Crippen molar-refractivity contribution < 1.29 is 39.5 Å². The van der Waals surface area contributed by atoms with E-state index in [1.807, 2.05) is 0 Å². The molecule has 0 bridgehead atoms. The molecule has 0 fully saturated rings. The zero-order chi connectivity index (χ0) is 16.1. The van der Waals surface area contributed by atoms with Crippen molar-refractivity contribution >= 4 is 5.97 Å². The molecule has 1 unspecified atom stereocenters. The van der Waals surface area contributed by atoms with Crippen molar-refractivity contribution in [3.05, 3.63) is 0 Å². The van der Waals surface area contributed by atoms with E-state index >= 15 is 0 Å². The number of carboxylic acid groups (broad SMARTS) is 1. The van der Waals surface area contributed by atoms with E-state index in [4.69, 9.17) is 22.3 Å². The summed E-state index contributed by atoms with van der Waals surface area (Å²) in [6, 6.07) is -1.19. The van der Waals surface area contributed by atoms with Gasteiger partial charge in [0, 0.05) is 0 Å². The average molecular weight is 324 g/mol. The number of carbonyl (C=O) groups is 1. The van der Waals surface area contributed by atoms with E-state index in [2.05, 4.69) is 6.92 Å². The third-order valence-electron chi connectivity index (χ3n) is 4.06. The smallest absolute Gasteiger partial charge is 0.480 e. The average Bonchev–Trinajstić information content (AvgIpc) is 2.43. The van der Waals surface area contributed by atoms with Crippen LogP contribution in [0.15, 0.2) is 0 Å². The normalized spacial score (nSPS) is 12.7. The van der Waals surface area contributed by atoms with Gasteiger partial charge in [0.25, 0.3) is 0 Å². The summed E-state index contributed by atoms with van der Waals surface area (Å²) in [4.78, 5) is 10.8. The number of hydrogen-bond donors (Lipinski definition) is 4. The predicted octanol–water partition coefficient (Wildman–Crippen LogP) is -0.283. The second-order valence-electron chi connectivity index (χ2n) is 6.21. The van der Waals surface area contributed by atoms with Gasteiger partial charge in [-0.05, 0) is 6.42 Å². The molecular weight excluding hydrogens is 289 g/mol. The van der Waals surface area contributed by atoms with Crippen molar-refractivity contribution in [3.63, 3.8) is 0 Å². The molecule has 0 aromatic heterocycles. The largest absolute Gasteiger partial charge is 1.00 e. The Kier molecular flexibility index (Phi) is 16.7. The molecule has 0 aliphatic heterocycles. The molecule has 0 aliphatic rings. The molecule has 0 heterocycles. The first kappa shape index (κ1) is 24.6. The minimum Gasteiger partial charge on any atom is -0.480 e. The molecule has 6 heteroatoms. The molecule has 0 aliphatic carbocycles. The minimum absolute atomic E-state index is 0. The number of nitrogens with two attached hydrogens (primary N) is 3. The molecule has 126 valence electrons. The van der Waals surface area contributed by atoms with E-state index in [0.717, 1.165) is 19.3 Å². The minimum atomic E-state index is -1.30. The Balaban J connectivity index is 0. The molecule has 0 aromatic carbocycles. The Morgan fingerprint density at radius 1 is 0.909 bits per heavy atom. The first-order chi connectivity index (χ1) is 9.91. The van der Waals surface area contributed by atoms with Crippen LogP contribution in [-0.4, -0.2) is 22.8 Å². The van der Waals surface area contributed by atoms with E-state index < -0.39 is 17.7 Å². The topological polar surface area (TPSA) is 115 Å². The Hall–Kier alpha value is 0.350. The van der Waals surface area contributed by atoms with Gasteiger partial charge in [-0.1, -0.05) is 77.6 Å². The van der Waals surface area contributed by atoms with Crippen LogP contribution in [0.25, 0.3) is 0 Å². The molecule has 0 radical (unpaired) electrons. The van der Waals surface area contributed by atoms with Gasteiger partial charge in [0.05, 0.1) is 5.66 Å². The van der Waals surface area contributed by atoms with Crippen LogP contribution < -0.4 is 46.8 Å². The number of rotatable bonds is 14. The van der Waals surface area contributed by atoms with E-state index in [-0.39, 0.29) is 29.6 Å². The Labute approximate surface area is 158 Å². The second-order valence-corrected chi connectivity index (χ2v) is 6.21. The summed E-state index contributed by atoms with van der Waals surface area (Å²) in [7, 11) is 0. The molecule has 0 rings (SSSR count). The predicted molar refractivity (Wildman–Crippen MR) is 87.8 cm³/mol. The van der Waals surface area contributed by atoms with Crippen LogP contribution in [0.1, 0.15) is 84.0 Å². The van der Waals surface area contributed by atoms with Crippen LogP contribution in [0.5, 0.6) is 0 Å². The van der Waals surface area contributed by atoms with Crippen molar-refractivity contribution in [3.8, 4) is 0 Å². The quantitative estimate of drug-likeness (QED) is 0.199. The molecule has 5 nitrogen and oxygen atoms in total. The van der Waals surface area contributed by atoms with Crippen molar-refractivity contribution in [2.45, 2.75) is 95.7 Å². The number of hydrogen-bond acceptors (Lipinski definition) is 4. The standard InChI is InChI=1S/C16H35N3O2.Na/c1-2-3-4-5-6-7-8-9-10-11-12-13-16(18,19)14(17)15(20)21;/h14H,2-13,17-19H2,1H3,(H,20,21);/q;+1. The van der Waals surface area contributed by atoms with Gasteiger partial charge in [-0.25, -0.2) is 0 Å². The van der Waals surface area contributed by atoms with Crippen LogP contribution >= 0.6 is 0 Å². The monoisotopic (exact) mass is 324 g/mol. The Morgan fingerprint density at radius 2 is 1.27 bits per heavy atom. The summed E-state index contributed by atoms with van der Waals surface area (Å²) in [6.45, 7) is 2.24. The molecular formula is C16H35N3NaO2+. The number of carboxylic acids is 1. The molecule has 0 amide bonds. The van der Waals surface area contributed by atoms with Gasteiger partial charge >= 0.3 is 35.5 Å². The first-order valence-electron chi connectivity index (χ1n) is 8.48. The van der Waals surface area contributed by atoms with Gasteiger partial charge in [0.2, 0.25) is 0 Å². The van der Waals surface area contributed by atoms with Gasteiger partial charge in [-0.2, -0.15) is 0 Å². The second kappa shape index (κ2) is 14.9. The van der Waals surface area contributed by atoms with Crippen molar-refractivity contribution in [1.29, 1.82) is 0 Å².